The second kappa shape index (κ2) is 4.25. The SMILES string of the molecule is CC(C)c1nc2c(s1)CC(C(C)C)CC2. The lowest BCUT2D eigenvalue weighted by atomic mass is 9.83. The smallest absolute Gasteiger partial charge is 0.0956 e. The van der Waals surface area contributed by atoms with Crippen LogP contribution >= 0.6 is 11.3 Å². The lowest BCUT2D eigenvalue weighted by Crippen LogP contribution is -2.17. The van der Waals surface area contributed by atoms with Gasteiger partial charge in [0.1, 0.15) is 0 Å². The van der Waals surface area contributed by atoms with Crippen LogP contribution in [0.25, 0.3) is 0 Å². The summed E-state index contributed by atoms with van der Waals surface area (Å²) >= 11 is 1.95. The van der Waals surface area contributed by atoms with E-state index in [2.05, 4.69) is 27.7 Å². The molecule has 84 valence electrons. The number of hydrogen-bond donors (Lipinski definition) is 0. The zero-order valence-electron chi connectivity index (χ0n) is 10.2. The largest absolute Gasteiger partial charge is 0.246 e. The fourth-order valence-corrected chi connectivity index (χ4v) is 3.44. The van der Waals surface area contributed by atoms with Crippen LogP contribution < -0.4 is 0 Å². The van der Waals surface area contributed by atoms with Crippen molar-refractivity contribution >= 4 is 11.3 Å². The summed E-state index contributed by atoms with van der Waals surface area (Å²) in [5.41, 5.74) is 1.40. The van der Waals surface area contributed by atoms with E-state index >= 15 is 0 Å². The van der Waals surface area contributed by atoms with Gasteiger partial charge in [-0.3, -0.25) is 0 Å². The monoisotopic (exact) mass is 223 g/mol. The second-order valence-electron chi connectivity index (χ2n) is 5.32. The van der Waals surface area contributed by atoms with E-state index in [-0.39, 0.29) is 0 Å². The number of rotatable bonds is 2. The number of aromatic nitrogens is 1. The van der Waals surface area contributed by atoms with Crippen LogP contribution in [0.2, 0.25) is 0 Å². The van der Waals surface area contributed by atoms with E-state index in [1.807, 2.05) is 11.3 Å². The highest BCUT2D eigenvalue weighted by Crippen LogP contribution is 2.35. The van der Waals surface area contributed by atoms with Gasteiger partial charge in [0.15, 0.2) is 0 Å². The number of thiazole rings is 1. The molecule has 1 aliphatic rings. The van der Waals surface area contributed by atoms with Gasteiger partial charge in [0.2, 0.25) is 0 Å². The summed E-state index contributed by atoms with van der Waals surface area (Å²) in [6, 6.07) is 0. The van der Waals surface area contributed by atoms with E-state index in [0.717, 1.165) is 11.8 Å². The third-order valence-electron chi connectivity index (χ3n) is 3.43. The van der Waals surface area contributed by atoms with E-state index in [9.17, 15) is 0 Å². The molecule has 0 bridgehead atoms. The fourth-order valence-electron chi connectivity index (χ4n) is 2.24. The minimum atomic E-state index is 0.595. The van der Waals surface area contributed by atoms with Crippen molar-refractivity contribution in [1.82, 2.24) is 4.98 Å². The van der Waals surface area contributed by atoms with Crippen LogP contribution in [-0.4, -0.2) is 4.98 Å². The molecule has 2 rings (SSSR count). The summed E-state index contributed by atoms with van der Waals surface area (Å²) < 4.78 is 0. The first-order valence-corrected chi connectivity index (χ1v) is 6.88. The van der Waals surface area contributed by atoms with Gasteiger partial charge in [-0.05, 0) is 31.1 Å². The Labute approximate surface area is 96.9 Å². The Balaban J connectivity index is 2.19. The van der Waals surface area contributed by atoms with E-state index < -0.39 is 0 Å². The van der Waals surface area contributed by atoms with Gasteiger partial charge in [0.25, 0.3) is 0 Å². The third kappa shape index (κ3) is 2.25. The maximum absolute atomic E-state index is 4.76. The van der Waals surface area contributed by atoms with Crippen LogP contribution in [-0.2, 0) is 12.8 Å². The molecule has 0 aromatic carbocycles. The molecule has 1 heterocycles. The van der Waals surface area contributed by atoms with E-state index in [0.29, 0.717) is 5.92 Å². The average molecular weight is 223 g/mol. The zero-order chi connectivity index (χ0) is 11.0. The minimum absolute atomic E-state index is 0.595. The predicted octanol–water partition coefficient (Wildman–Crippen LogP) is 4.03. The molecule has 0 fully saturated rings. The van der Waals surface area contributed by atoms with Gasteiger partial charge in [0.05, 0.1) is 10.7 Å². The molecule has 0 radical (unpaired) electrons. The Kier molecular flexibility index (Phi) is 3.15. The van der Waals surface area contributed by atoms with Crippen molar-refractivity contribution in [1.29, 1.82) is 0 Å². The van der Waals surface area contributed by atoms with Gasteiger partial charge in [-0.15, -0.1) is 11.3 Å². The molecule has 1 atom stereocenters. The van der Waals surface area contributed by atoms with Crippen molar-refractivity contribution in [2.45, 2.75) is 52.9 Å². The zero-order valence-corrected chi connectivity index (χ0v) is 11.0. The Morgan fingerprint density at radius 1 is 1.27 bits per heavy atom. The highest BCUT2D eigenvalue weighted by Gasteiger charge is 2.24. The van der Waals surface area contributed by atoms with Crippen molar-refractivity contribution in [2.75, 3.05) is 0 Å². The summed E-state index contributed by atoms with van der Waals surface area (Å²) in [7, 11) is 0. The van der Waals surface area contributed by atoms with Gasteiger partial charge in [-0.25, -0.2) is 4.98 Å². The van der Waals surface area contributed by atoms with Crippen molar-refractivity contribution in [3.05, 3.63) is 15.6 Å². The number of nitrogens with zero attached hydrogens (tertiary/aromatic N) is 1. The average Bonchev–Trinajstić information content (AvgIpc) is 2.59. The van der Waals surface area contributed by atoms with Gasteiger partial charge in [-0.2, -0.15) is 0 Å². The Hall–Kier alpha value is -0.370. The molecule has 1 aliphatic carbocycles. The van der Waals surface area contributed by atoms with Crippen LogP contribution in [0.3, 0.4) is 0 Å². The molecule has 0 spiro atoms. The maximum atomic E-state index is 4.76. The van der Waals surface area contributed by atoms with Gasteiger partial charge >= 0.3 is 0 Å². The van der Waals surface area contributed by atoms with Crippen LogP contribution in [0.4, 0.5) is 0 Å². The summed E-state index contributed by atoms with van der Waals surface area (Å²) in [5, 5.41) is 1.34. The first kappa shape index (κ1) is 11.1. The molecule has 1 aromatic heterocycles. The number of aryl methyl sites for hydroxylation is 1. The molecule has 1 aromatic rings. The number of hydrogen-bond acceptors (Lipinski definition) is 2. The normalized spacial score (nSPS) is 21.1. The fraction of sp³-hybridized carbons (Fsp3) is 0.769. The lowest BCUT2D eigenvalue weighted by Gasteiger charge is -2.24. The van der Waals surface area contributed by atoms with Crippen molar-refractivity contribution in [3.63, 3.8) is 0 Å². The van der Waals surface area contributed by atoms with Crippen molar-refractivity contribution < 1.29 is 0 Å². The molecule has 0 aliphatic heterocycles. The third-order valence-corrected chi connectivity index (χ3v) is 4.85. The van der Waals surface area contributed by atoms with Crippen LogP contribution in [0.1, 0.15) is 55.6 Å². The summed E-state index contributed by atoms with van der Waals surface area (Å²) in [5.74, 6) is 2.30. The Morgan fingerprint density at radius 2 is 2.00 bits per heavy atom. The van der Waals surface area contributed by atoms with Gasteiger partial charge in [0, 0.05) is 10.8 Å². The standard InChI is InChI=1S/C13H21NS/c1-8(2)10-5-6-11-12(7-10)15-13(14-11)9(3)4/h8-10H,5-7H2,1-4H3. The summed E-state index contributed by atoms with van der Waals surface area (Å²) in [6.07, 6.45) is 3.82. The van der Waals surface area contributed by atoms with Gasteiger partial charge in [-0.1, -0.05) is 27.7 Å². The Bertz CT molecular complexity index is 338. The van der Waals surface area contributed by atoms with E-state index in [4.69, 9.17) is 4.98 Å². The first-order chi connectivity index (χ1) is 7.08. The van der Waals surface area contributed by atoms with Crippen molar-refractivity contribution in [2.24, 2.45) is 11.8 Å². The summed E-state index contributed by atoms with van der Waals surface area (Å²) in [4.78, 5) is 6.34. The minimum Gasteiger partial charge on any atom is -0.246 e. The maximum Gasteiger partial charge on any atom is 0.0956 e. The predicted molar refractivity (Wildman–Crippen MR) is 66.6 cm³/mol. The molecule has 15 heavy (non-hydrogen) atoms. The highest BCUT2D eigenvalue weighted by atomic mass is 32.1. The second-order valence-corrected chi connectivity index (χ2v) is 6.44. The number of fused-ring (bicyclic) bond motifs is 1. The lowest BCUT2D eigenvalue weighted by molar-refractivity contribution is 0.344. The molecule has 0 amide bonds. The molecular weight excluding hydrogens is 202 g/mol. The molecule has 0 saturated heterocycles. The molecule has 0 saturated carbocycles. The van der Waals surface area contributed by atoms with E-state index in [1.54, 1.807) is 4.88 Å². The van der Waals surface area contributed by atoms with Crippen LogP contribution in [0.15, 0.2) is 0 Å². The van der Waals surface area contributed by atoms with E-state index in [1.165, 1.54) is 30.0 Å². The Morgan fingerprint density at radius 3 is 2.60 bits per heavy atom. The topological polar surface area (TPSA) is 12.9 Å². The van der Waals surface area contributed by atoms with Crippen LogP contribution in [0, 0.1) is 11.8 Å². The molecular formula is C13H21NS. The van der Waals surface area contributed by atoms with Crippen molar-refractivity contribution in [3.8, 4) is 0 Å². The molecule has 0 N–H and O–H groups in total. The summed E-state index contributed by atoms with van der Waals surface area (Å²) in [6.45, 7) is 9.18. The van der Waals surface area contributed by atoms with Gasteiger partial charge < -0.3 is 0 Å². The molecule has 1 nitrogen and oxygen atoms in total. The van der Waals surface area contributed by atoms with Crippen LogP contribution in [0.5, 0.6) is 0 Å². The quantitative estimate of drug-likeness (QED) is 0.737. The highest BCUT2D eigenvalue weighted by molar-refractivity contribution is 7.11. The molecule has 1 unspecified atom stereocenters. The molecule has 2 heteroatoms. The first-order valence-electron chi connectivity index (χ1n) is 6.06.